The van der Waals surface area contributed by atoms with Gasteiger partial charge in [-0.15, -0.1) is 0 Å². The first-order valence-corrected chi connectivity index (χ1v) is 7.46. The Morgan fingerprint density at radius 2 is 2.10 bits per heavy atom. The summed E-state index contributed by atoms with van der Waals surface area (Å²) in [6.45, 7) is 4.68. The van der Waals surface area contributed by atoms with Crippen molar-refractivity contribution in [1.82, 2.24) is 15.1 Å². The zero-order valence-corrected chi connectivity index (χ0v) is 12.8. The highest BCUT2D eigenvalue weighted by Crippen LogP contribution is 2.25. The van der Waals surface area contributed by atoms with Crippen molar-refractivity contribution in [3.63, 3.8) is 0 Å². The summed E-state index contributed by atoms with van der Waals surface area (Å²) in [4.78, 5) is 15.3. The van der Waals surface area contributed by atoms with E-state index in [1.807, 2.05) is 11.8 Å². The number of hydrogen-bond donors (Lipinski definition) is 2. The normalized spacial score (nSPS) is 31.6. The maximum Gasteiger partial charge on any atom is 0.319 e. The van der Waals surface area contributed by atoms with Gasteiger partial charge in [0.15, 0.2) is 0 Å². The van der Waals surface area contributed by atoms with Crippen LogP contribution >= 0.6 is 0 Å². The molecule has 2 rings (SSSR count). The van der Waals surface area contributed by atoms with Crippen LogP contribution in [0.3, 0.4) is 0 Å². The van der Waals surface area contributed by atoms with Gasteiger partial charge in [-0.25, -0.2) is 4.79 Å². The molecular formula is C14H27N3O3. The summed E-state index contributed by atoms with van der Waals surface area (Å²) in [5, 5.41) is 13.9. The van der Waals surface area contributed by atoms with Crippen LogP contribution in [0.25, 0.3) is 0 Å². The summed E-state index contributed by atoms with van der Waals surface area (Å²) in [6, 6.07) is 0.456. The molecule has 2 N–H and O–H groups in total. The number of nitrogens with zero attached hydrogens (tertiary/aromatic N) is 2. The first-order valence-electron chi connectivity index (χ1n) is 7.46. The fourth-order valence-corrected chi connectivity index (χ4v) is 2.88. The summed E-state index contributed by atoms with van der Waals surface area (Å²) in [6.07, 6.45) is 2.46. The number of piperidine rings is 1. The number of aliphatic hydroxyl groups is 1. The highest BCUT2D eigenvalue weighted by molar-refractivity contribution is 5.73. The van der Waals surface area contributed by atoms with Crippen molar-refractivity contribution in [2.75, 3.05) is 40.3 Å². The minimum Gasteiger partial charge on any atom is -0.386 e. The molecule has 0 aromatic heterocycles. The summed E-state index contributed by atoms with van der Waals surface area (Å²) in [5.41, 5.74) is -0.739. The summed E-state index contributed by atoms with van der Waals surface area (Å²) < 4.78 is 5.43. The van der Waals surface area contributed by atoms with Gasteiger partial charge in [-0.2, -0.15) is 0 Å². The second-order valence-electron chi connectivity index (χ2n) is 6.19. The largest absolute Gasteiger partial charge is 0.386 e. The Labute approximate surface area is 121 Å². The van der Waals surface area contributed by atoms with Crippen LogP contribution in [0, 0.1) is 0 Å². The van der Waals surface area contributed by atoms with E-state index >= 15 is 0 Å². The molecule has 2 amide bonds. The minimum absolute atomic E-state index is 0.0832. The lowest BCUT2D eigenvalue weighted by Gasteiger charge is -2.36. The second-order valence-corrected chi connectivity index (χ2v) is 6.19. The van der Waals surface area contributed by atoms with Crippen LogP contribution in [0.2, 0.25) is 0 Å². The third kappa shape index (κ3) is 3.42. The first-order chi connectivity index (χ1) is 9.42. The third-order valence-corrected chi connectivity index (χ3v) is 4.50. The zero-order chi connectivity index (χ0) is 14.8. The molecule has 116 valence electrons. The lowest BCUT2D eigenvalue weighted by molar-refractivity contribution is -0.0286. The fraction of sp³-hybridized carbons (Fsp3) is 0.929. The second kappa shape index (κ2) is 6.28. The van der Waals surface area contributed by atoms with Crippen molar-refractivity contribution in [2.45, 2.75) is 43.9 Å². The van der Waals surface area contributed by atoms with Gasteiger partial charge in [-0.3, -0.25) is 0 Å². The first kappa shape index (κ1) is 15.5. The average molecular weight is 285 g/mol. The Bertz CT molecular complexity index is 343. The number of amides is 2. The van der Waals surface area contributed by atoms with Crippen molar-refractivity contribution >= 4 is 6.03 Å². The molecule has 6 nitrogen and oxygen atoms in total. The molecule has 2 unspecified atom stereocenters. The lowest BCUT2D eigenvalue weighted by Crippen LogP contribution is -2.52. The third-order valence-electron chi connectivity index (χ3n) is 4.50. The molecule has 0 spiro atoms. The number of urea groups is 1. The SMILES string of the molecule is CC1OCCC1(O)CNC1CCN(C(=O)N(C)C)CC1. The Balaban J connectivity index is 1.73. The van der Waals surface area contributed by atoms with Gasteiger partial charge in [0.05, 0.1) is 6.10 Å². The van der Waals surface area contributed by atoms with E-state index in [0.29, 0.717) is 25.6 Å². The number of ether oxygens (including phenoxy) is 1. The van der Waals surface area contributed by atoms with Crippen LogP contribution in [-0.4, -0.2) is 79.0 Å². The molecule has 2 fully saturated rings. The van der Waals surface area contributed by atoms with Crippen molar-refractivity contribution in [3.8, 4) is 0 Å². The molecule has 2 aliphatic rings. The van der Waals surface area contributed by atoms with E-state index in [1.165, 1.54) is 0 Å². The van der Waals surface area contributed by atoms with E-state index in [0.717, 1.165) is 25.9 Å². The van der Waals surface area contributed by atoms with E-state index in [9.17, 15) is 9.90 Å². The van der Waals surface area contributed by atoms with Gasteiger partial charge in [0.1, 0.15) is 5.60 Å². The maximum absolute atomic E-state index is 11.8. The van der Waals surface area contributed by atoms with Crippen molar-refractivity contribution in [2.24, 2.45) is 0 Å². The Kier molecular flexibility index (Phi) is 4.88. The number of likely N-dealkylation sites (tertiary alicyclic amines) is 1. The van der Waals surface area contributed by atoms with E-state index in [-0.39, 0.29) is 12.1 Å². The van der Waals surface area contributed by atoms with Gasteiger partial charge < -0.3 is 25.0 Å². The summed E-state index contributed by atoms with van der Waals surface area (Å²) >= 11 is 0. The molecule has 2 heterocycles. The minimum atomic E-state index is -0.739. The zero-order valence-electron chi connectivity index (χ0n) is 12.8. The molecule has 0 saturated carbocycles. The molecule has 2 aliphatic heterocycles. The van der Waals surface area contributed by atoms with Gasteiger partial charge >= 0.3 is 6.03 Å². The molecule has 0 aromatic carbocycles. The van der Waals surface area contributed by atoms with Gasteiger partial charge in [0, 0.05) is 52.8 Å². The topological polar surface area (TPSA) is 65.0 Å². The highest BCUT2D eigenvalue weighted by Gasteiger charge is 2.39. The summed E-state index contributed by atoms with van der Waals surface area (Å²) in [5.74, 6) is 0. The van der Waals surface area contributed by atoms with Crippen molar-refractivity contribution < 1.29 is 14.6 Å². The number of carbonyl (C=O) groups is 1. The van der Waals surface area contributed by atoms with Crippen LogP contribution in [-0.2, 0) is 4.74 Å². The van der Waals surface area contributed by atoms with Crippen LogP contribution in [0.15, 0.2) is 0 Å². The molecule has 0 bridgehead atoms. The maximum atomic E-state index is 11.8. The van der Waals surface area contributed by atoms with Gasteiger partial charge in [-0.05, 0) is 19.8 Å². The lowest BCUT2D eigenvalue weighted by atomic mass is 9.95. The number of carbonyl (C=O) groups excluding carboxylic acids is 1. The van der Waals surface area contributed by atoms with Crippen molar-refractivity contribution in [1.29, 1.82) is 0 Å². The monoisotopic (exact) mass is 285 g/mol. The van der Waals surface area contributed by atoms with E-state index in [1.54, 1.807) is 19.0 Å². The molecule has 0 aliphatic carbocycles. The summed E-state index contributed by atoms with van der Waals surface area (Å²) in [7, 11) is 3.56. The quantitative estimate of drug-likeness (QED) is 0.781. The van der Waals surface area contributed by atoms with Gasteiger partial charge in [-0.1, -0.05) is 0 Å². The molecule has 20 heavy (non-hydrogen) atoms. The highest BCUT2D eigenvalue weighted by atomic mass is 16.5. The molecule has 6 heteroatoms. The van der Waals surface area contributed by atoms with Crippen LogP contribution in [0.4, 0.5) is 4.79 Å². The van der Waals surface area contributed by atoms with E-state index in [2.05, 4.69) is 5.32 Å². The Morgan fingerprint density at radius 3 is 2.60 bits per heavy atom. The van der Waals surface area contributed by atoms with Gasteiger partial charge in [0.2, 0.25) is 0 Å². The fourth-order valence-electron chi connectivity index (χ4n) is 2.88. The molecule has 2 atom stereocenters. The molecular weight excluding hydrogens is 258 g/mol. The average Bonchev–Trinajstić information content (AvgIpc) is 2.76. The van der Waals surface area contributed by atoms with Crippen molar-refractivity contribution in [3.05, 3.63) is 0 Å². The number of hydrogen-bond acceptors (Lipinski definition) is 4. The Morgan fingerprint density at radius 1 is 1.45 bits per heavy atom. The van der Waals surface area contributed by atoms with Crippen LogP contribution in [0.5, 0.6) is 0 Å². The predicted octanol–water partition coefficient (Wildman–Crippen LogP) is 0.262. The van der Waals surface area contributed by atoms with E-state index < -0.39 is 5.60 Å². The predicted molar refractivity (Wildman–Crippen MR) is 76.7 cm³/mol. The molecule has 0 radical (unpaired) electrons. The molecule has 2 saturated heterocycles. The number of rotatable bonds is 3. The standard InChI is InChI=1S/C14H27N3O3/c1-11-14(19,6-9-20-11)10-15-12-4-7-17(8-5-12)13(18)16(2)3/h11-12,15,19H,4-10H2,1-3H3. The van der Waals surface area contributed by atoms with Crippen LogP contribution in [0.1, 0.15) is 26.2 Å². The van der Waals surface area contributed by atoms with E-state index in [4.69, 9.17) is 4.74 Å². The smallest absolute Gasteiger partial charge is 0.319 e. The number of nitrogens with one attached hydrogen (secondary N) is 1. The van der Waals surface area contributed by atoms with Gasteiger partial charge in [0.25, 0.3) is 0 Å². The Hall–Kier alpha value is -0.850. The molecule has 0 aromatic rings. The van der Waals surface area contributed by atoms with Crippen LogP contribution < -0.4 is 5.32 Å².